The van der Waals surface area contributed by atoms with Gasteiger partial charge in [0.1, 0.15) is 45.9 Å². The molecule has 0 N–H and O–H groups in total. The molecule has 0 bridgehead atoms. The van der Waals surface area contributed by atoms with Crippen LogP contribution in [-0.2, 0) is 73.1 Å². The molecular formula is C122H148N16O11. The molecule has 0 saturated carbocycles. The van der Waals surface area contributed by atoms with Gasteiger partial charge >= 0.3 is 0 Å². The smallest absolute Gasteiger partial charge is 0.225 e. The minimum Gasteiger partial charge on any atom is -0.497 e. The highest BCUT2D eigenvalue weighted by atomic mass is 16.5. The highest BCUT2D eigenvalue weighted by Gasteiger charge is 2.40. The van der Waals surface area contributed by atoms with Gasteiger partial charge in [0.2, 0.25) is 23.6 Å². The molecule has 0 spiro atoms. The normalized spacial score (nSPS) is 15.4. The summed E-state index contributed by atoms with van der Waals surface area (Å²) in [4.78, 5) is 132. The lowest BCUT2D eigenvalue weighted by atomic mass is 9.80. The molecule has 0 unspecified atom stereocenters. The molecular weight excluding hydrogens is 1870 g/mol. The number of aromatic nitrogens is 8. The Hall–Kier alpha value is -14.4. The minimum atomic E-state index is -0.111. The molecule has 12 heterocycles. The van der Waals surface area contributed by atoms with E-state index in [-0.39, 0.29) is 112 Å². The molecule has 149 heavy (non-hydrogen) atoms. The maximum atomic E-state index is 13.3. The monoisotopic (exact) mass is 2010 g/mol. The third kappa shape index (κ3) is 24.8. The average Bonchev–Trinajstić information content (AvgIpc) is 1.63. The number of ketones is 4. The van der Waals surface area contributed by atoms with Gasteiger partial charge in [-0.3, -0.25) is 38.4 Å². The average molecular weight is 2010 g/mol. The molecule has 4 aliphatic heterocycles. The highest BCUT2D eigenvalue weighted by molar-refractivity contribution is 6.03. The van der Waals surface area contributed by atoms with Crippen molar-refractivity contribution in [1.29, 1.82) is 21.0 Å². The zero-order chi connectivity index (χ0) is 109. The number of rotatable bonds is 24. The van der Waals surface area contributed by atoms with Crippen LogP contribution in [0.15, 0.2) is 128 Å². The third-order valence-corrected chi connectivity index (χ3v) is 32.5. The predicted molar refractivity (Wildman–Crippen MR) is 582 cm³/mol. The van der Waals surface area contributed by atoms with E-state index in [9.17, 15) is 54.1 Å². The zero-order valence-electron chi connectivity index (χ0n) is 92.1. The van der Waals surface area contributed by atoms with Crippen LogP contribution in [0.1, 0.15) is 309 Å². The summed E-state index contributed by atoms with van der Waals surface area (Å²) in [6, 6.07) is 30.0. The van der Waals surface area contributed by atoms with E-state index < -0.39 is 0 Å². The summed E-state index contributed by atoms with van der Waals surface area (Å²) in [5, 5.41) is 41.6. The van der Waals surface area contributed by atoms with Gasteiger partial charge in [-0.25, -0.2) is 19.9 Å². The Balaban J connectivity index is 0.000000166. The van der Waals surface area contributed by atoms with Crippen molar-refractivity contribution in [2.24, 2.45) is 74.0 Å². The maximum absolute atomic E-state index is 13.3. The van der Waals surface area contributed by atoms with Crippen molar-refractivity contribution in [2.45, 2.75) is 232 Å². The van der Waals surface area contributed by atoms with Crippen LogP contribution in [0.2, 0.25) is 0 Å². The number of hydrogen-bond acceptors (Lipinski definition) is 19. The number of fused-ring (bicyclic) bond motifs is 4. The lowest BCUT2D eigenvalue weighted by Gasteiger charge is -2.37. The summed E-state index contributed by atoms with van der Waals surface area (Å²) in [6.45, 7) is 45.7. The fourth-order valence-corrected chi connectivity index (χ4v) is 21.2. The Morgan fingerprint density at radius 2 is 0.664 bits per heavy atom. The van der Waals surface area contributed by atoms with Crippen molar-refractivity contribution >= 4 is 90.9 Å². The van der Waals surface area contributed by atoms with E-state index in [1.165, 1.54) is 43.6 Å². The molecule has 782 valence electrons. The number of carbonyl (C=O) groups excluding carboxylic acids is 8. The number of ether oxygens (including phenoxy) is 3. The zero-order valence-corrected chi connectivity index (χ0v) is 92.1. The van der Waals surface area contributed by atoms with E-state index in [4.69, 9.17) is 39.4 Å². The van der Waals surface area contributed by atoms with Gasteiger partial charge in [0.15, 0.2) is 23.1 Å². The first-order valence-corrected chi connectivity index (χ1v) is 52.3. The molecule has 8 aromatic heterocycles. The number of nitriles is 4. The lowest BCUT2D eigenvalue weighted by molar-refractivity contribution is -0.140. The number of amides is 4. The van der Waals surface area contributed by atoms with Crippen LogP contribution in [0.3, 0.4) is 0 Å². The van der Waals surface area contributed by atoms with Crippen molar-refractivity contribution in [3.63, 3.8) is 0 Å². The Bertz CT molecular complexity index is 7260. The minimum absolute atomic E-state index is 0.0157. The quantitative estimate of drug-likeness (QED) is 0.0507. The fourth-order valence-electron chi connectivity index (χ4n) is 21.2. The number of carbonyl (C=O) groups is 8. The molecule has 4 atom stereocenters. The van der Waals surface area contributed by atoms with Gasteiger partial charge in [0.05, 0.1) is 67.4 Å². The number of benzene rings is 4. The predicted octanol–water partition coefficient (Wildman–Crippen LogP) is 21.9. The summed E-state index contributed by atoms with van der Waals surface area (Å²) in [7, 11) is 12.6. The van der Waals surface area contributed by atoms with E-state index >= 15 is 0 Å². The molecule has 0 aliphatic carbocycles. The van der Waals surface area contributed by atoms with Gasteiger partial charge < -0.3 is 52.1 Å². The van der Waals surface area contributed by atoms with Gasteiger partial charge in [-0.15, -0.1) is 0 Å². The van der Waals surface area contributed by atoms with Gasteiger partial charge in [0, 0.05) is 218 Å². The molecule has 27 nitrogen and oxygen atoms in total. The number of aryl methyl sites for hydroxylation is 8. The maximum Gasteiger partial charge on any atom is 0.225 e. The van der Waals surface area contributed by atoms with Crippen LogP contribution in [-0.4, -0.2) is 178 Å². The van der Waals surface area contributed by atoms with Crippen LogP contribution in [0, 0.1) is 119 Å². The van der Waals surface area contributed by atoms with Crippen molar-refractivity contribution in [1.82, 2.24) is 57.8 Å². The number of nitrogens with zero attached hydrogens (tertiary/aromatic N) is 16. The van der Waals surface area contributed by atoms with E-state index in [0.29, 0.717) is 91.3 Å². The van der Waals surface area contributed by atoms with Gasteiger partial charge in [-0.1, -0.05) is 116 Å². The van der Waals surface area contributed by atoms with Gasteiger partial charge in [-0.05, 0) is 258 Å². The van der Waals surface area contributed by atoms with Crippen LogP contribution in [0.4, 0.5) is 0 Å². The summed E-state index contributed by atoms with van der Waals surface area (Å²) < 4.78 is 24.1. The Morgan fingerprint density at radius 3 is 0.980 bits per heavy atom. The molecule has 0 radical (unpaired) electrons. The van der Waals surface area contributed by atoms with E-state index in [1.807, 2.05) is 81.7 Å². The highest BCUT2D eigenvalue weighted by Crippen LogP contribution is 2.45. The van der Waals surface area contributed by atoms with Crippen LogP contribution < -0.4 is 14.2 Å². The van der Waals surface area contributed by atoms with E-state index in [0.717, 1.165) is 192 Å². The van der Waals surface area contributed by atoms with E-state index in [2.05, 4.69) is 171 Å². The molecule has 27 heteroatoms. The number of methoxy groups -OCH3 is 3. The van der Waals surface area contributed by atoms with Crippen LogP contribution in [0.25, 0.3) is 44.1 Å². The number of Topliss-reactive ketones (excluding diaryl/α,β-unsaturated/α-hetero) is 4. The molecule has 4 saturated heterocycles. The van der Waals surface area contributed by atoms with Crippen molar-refractivity contribution in [2.75, 3.05) is 73.7 Å². The molecule has 16 rings (SSSR count). The molecule has 12 aromatic rings. The Kier molecular flexibility index (Phi) is 35.2. The Labute approximate surface area is 878 Å². The largest absolute Gasteiger partial charge is 0.497 e. The second-order valence-corrected chi connectivity index (χ2v) is 45.1. The fraction of sp³-hybridized carbons (Fsp3) is 0.475. The van der Waals surface area contributed by atoms with Crippen molar-refractivity contribution in [3.05, 3.63) is 240 Å². The van der Waals surface area contributed by atoms with Gasteiger partial charge in [0.25, 0.3) is 0 Å². The molecule has 4 aromatic carbocycles. The van der Waals surface area contributed by atoms with Crippen molar-refractivity contribution in [3.8, 4) is 41.5 Å². The first kappa shape index (κ1) is 112. The molecule has 4 fully saturated rings. The standard InChI is InChI=1S/3C31H38N4O3.C29H34N4O2/c1-19-24(15-27(36)23-12-21(16-32)13-25(14-23)38-7)17-33-29-28(19)26(18-34(29)6)22-8-10-35(11-9-22)30(37)20(2)31(3,4)5;1-19-24(15-26(36)22-8-9-27(38-7)23(14-22)16-32)17-33-29-28(19)25(18-34(29)6)21-10-12-35(13-11-21)30(37)20(2)31(3,4)5;1-19-23(15-26(36)24-14-21(16-32)8-9-27(24)38-7)17-33-29-28(19)25(18-34(29)6)22-10-12-35(13-11-22)30(37)20(2)31(3,4)5;1-18(2)19(3)29(35)33-11-9-22(10-12-33)25-17-32(5)28-27(25)20(4)24(16-31-28)14-26(34)23-8-6-7-21(13-23)15-30/h12-14,17-18,20,22H,8-11,15H2,1-7H3;8-9,14,17-18,20-21H,10-13,15H2,1-7H3;8-9,14,17-18,20,22H,10-13,15H2,1-7H3;6-8,13,16-19,22H,9-12,14H2,1-5H3/t3*20-;19-/m0001/s1. The van der Waals surface area contributed by atoms with Crippen LogP contribution >= 0.6 is 0 Å². The number of hydrogen-bond donors (Lipinski definition) is 0. The first-order valence-electron chi connectivity index (χ1n) is 52.3. The van der Waals surface area contributed by atoms with E-state index in [1.54, 1.807) is 97.5 Å². The number of piperidine rings is 4. The molecule has 4 aliphatic rings. The summed E-state index contributed by atoms with van der Waals surface area (Å²) >= 11 is 0. The summed E-state index contributed by atoms with van der Waals surface area (Å²) in [6.07, 6.45) is 24.0. The number of likely N-dealkylation sites (tertiary alicyclic amines) is 4. The first-order chi connectivity index (χ1) is 70.6. The SMILES string of the molecule is COc1cc(C#N)cc(C(=O)Cc2cnc3c(c(C4CCN(C(=O)[C@H](C)C(C)(C)C)CC4)cn3C)c2C)c1.COc1ccc(C#N)cc1C(=O)Cc1cnc2c(c(C3CCN(C(=O)[C@H](C)C(C)(C)C)CC3)cn2C)c1C.COc1ccc(C(=O)Cc2cnc3c(c(C4CCN(C(=O)[C@H](C)C(C)(C)C)CC4)cn3C)c2C)cc1C#N.Cc1c(CC(=O)c2cccc(C#N)c2)cnc2c1c(C1CCN(C(=O)[C@H](C)C(C)C)CC1)cn2C. The molecule has 4 amide bonds. The summed E-state index contributed by atoms with van der Waals surface area (Å²) in [5.41, 5.74) is 19.8. The second-order valence-electron chi connectivity index (χ2n) is 45.1. The Morgan fingerprint density at radius 1 is 0.356 bits per heavy atom. The van der Waals surface area contributed by atoms with Gasteiger partial charge in [-0.2, -0.15) is 21.0 Å². The second kappa shape index (κ2) is 47.0. The van der Waals surface area contributed by atoms with Crippen molar-refractivity contribution < 1.29 is 52.6 Å². The van der Waals surface area contributed by atoms with Crippen LogP contribution in [0.5, 0.6) is 17.2 Å². The number of pyridine rings is 4. The lowest BCUT2D eigenvalue weighted by Crippen LogP contribution is -2.43. The third-order valence-electron chi connectivity index (χ3n) is 32.5. The topological polar surface area (TPSA) is 344 Å². The summed E-state index contributed by atoms with van der Waals surface area (Å²) in [5.74, 6) is 3.80.